The summed E-state index contributed by atoms with van der Waals surface area (Å²) in [4.78, 5) is 0. The number of rotatable bonds is 13. The lowest BCUT2D eigenvalue weighted by molar-refractivity contribution is 0.0614. The van der Waals surface area contributed by atoms with Gasteiger partial charge in [-0.25, -0.2) is 4.67 Å². The molecule has 164 valence electrons. The van der Waals surface area contributed by atoms with Crippen LogP contribution in [-0.4, -0.2) is 43.2 Å². The topological polar surface area (TPSA) is 54.7 Å². The fraction of sp³-hybridized carbons (Fsp3) is 0.955. The summed E-state index contributed by atoms with van der Waals surface area (Å²) in [5.41, 5.74) is 0. The molecule has 1 fully saturated rings. The van der Waals surface area contributed by atoms with Gasteiger partial charge in [0.25, 0.3) is 8.53 Å². The number of nitrogens with zero attached hydrogens (tertiary/aromatic N) is 2. The molecule has 0 aromatic rings. The highest BCUT2D eigenvalue weighted by Gasteiger charge is 2.41. The van der Waals surface area contributed by atoms with E-state index >= 15 is 0 Å². The zero-order valence-corrected chi connectivity index (χ0v) is 20.2. The molecule has 1 rings (SSSR count). The molecule has 0 spiro atoms. The van der Waals surface area contributed by atoms with Crippen molar-refractivity contribution in [2.45, 2.75) is 80.3 Å². The molecule has 0 aliphatic heterocycles. The van der Waals surface area contributed by atoms with Crippen LogP contribution in [0.5, 0.6) is 0 Å². The lowest BCUT2D eigenvalue weighted by Gasteiger charge is -2.35. The van der Waals surface area contributed by atoms with Crippen LogP contribution in [0.15, 0.2) is 0 Å². The Kier molecular flexibility index (Phi) is 12.1. The van der Waals surface area contributed by atoms with Crippen LogP contribution in [0.4, 0.5) is 0 Å². The third-order valence-corrected chi connectivity index (χ3v) is 8.55. The van der Waals surface area contributed by atoms with Crippen molar-refractivity contribution in [3.63, 3.8) is 0 Å². The first-order valence-corrected chi connectivity index (χ1v) is 12.1. The summed E-state index contributed by atoms with van der Waals surface area (Å²) >= 11 is 0. The van der Waals surface area contributed by atoms with Gasteiger partial charge in [-0.2, -0.15) is 5.26 Å². The van der Waals surface area contributed by atoms with E-state index in [-0.39, 0.29) is 0 Å². The van der Waals surface area contributed by atoms with Gasteiger partial charge in [0, 0.05) is 25.3 Å². The van der Waals surface area contributed by atoms with Gasteiger partial charge < -0.3 is 13.8 Å². The van der Waals surface area contributed by atoms with E-state index in [9.17, 15) is 0 Å². The maximum Gasteiger partial charge on any atom is 0.259 e. The lowest BCUT2D eigenvalue weighted by Crippen LogP contribution is -2.33. The van der Waals surface area contributed by atoms with Crippen LogP contribution in [0, 0.1) is 40.9 Å². The molecule has 28 heavy (non-hydrogen) atoms. The normalized spacial score (nSPS) is 29.0. The van der Waals surface area contributed by atoms with Crippen molar-refractivity contribution in [1.82, 2.24) is 4.67 Å². The average Bonchev–Trinajstić information content (AvgIpc) is 2.81. The minimum Gasteiger partial charge on any atom is -0.381 e. The van der Waals surface area contributed by atoms with E-state index in [1.165, 1.54) is 0 Å². The fourth-order valence-electron chi connectivity index (χ4n) is 4.36. The number of hydrogen-bond acceptors (Lipinski definition) is 5. The number of nitriles is 1. The van der Waals surface area contributed by atoms with Gasteiger partial charge in [-0.1, -0.05) is 27.7 Å². The minimum absolute atomic E-state index is 0.332. The minimum atomic E-state index is -1.14. The molecule has 0 amide bonds. The Balaban J connectivity index is 2.38. The second kappa shape index (κ2) is 13.1. The van der Waals surface area contributed by atoms with Crippen molar-refractivity contribution in [3.05, 3.63) is 0 Å². The zero-order chi connectivity index (χ0) is 21.3. The molecular formula is C22H43N2O3P. The summed E-state index contributed by atoms with van der Waals surface area (Å²) in [5, 5.41) is 8.78. The lowest BCUT2D eigenvalue weighted by atomic mass is 9.90. The quantitative estimate of drug-likeness (QED) is 0.279. The molecule has 1 aliphatic carbocycles. The molecule has 1 aliphatic rings. The van der Waals surface area contributed by atoms with Gasteiger partial charge in [-0.15, -0.1) is 0 Å². The van der Waals surface area contributed by atoms with Gasteiger partial charge in [0.2, 0.25) is 0 Å². The zero-order valence-electron chi connectivity index (χ0n) is 19.4. The Morgan fingerprint density at radius 1 is 0.857 bits per heavy atom. The molecule has 0 saturated heterocycles. The van der Waals surface area contributed by atoms with Crippen LogP contribution in [0.3, 0.4) is 0 Å². The van der Waals surface area contributed by atoms with Crippen LogP contribution < -0.4 is 0 Å². The second-order valence-corrected chi connectivity index (χ2v) is 10.4. The van der Waals surface area contributed by atoms with E-state index in [0.717, 1.165) is 43.3 Å². The third-order valence-electron chi connectivity index (χ3n) is 6.45. The Morgan fingerprint density at radius 2 is 1.39 bits per heavy atom. The molecular weight excluding hydrogens is 371 g/mol. The molecule has 0 radical (unpaired) electrons. The number of hydrogen-bond donors (Lipinski definition) is 0. The second-order valence-electron chi connectivity index (χ2n) is 8.91. The van der Waals surface area contributed by atoms with Crippen LogP contribution in [-0.2, 0) is 13.8 Å². The van der Waals surface area contributed by atoms with Crippen LogP contribution in [0.1, 0.15) is 68.2 Å². The van der Waals surface area contributed by atoms with E-state index in [1.54, 1.807) is 0 Å². The van der Waals surface area contributed by atoms with Crippen molar-refractivity contribution >= 4 is 8.53 Å². The van der Waals surface area contributed by atoms with E-state index in [4.69, 9.17) is 19.0 Å². The summed E-state index contributed by atoms with van der Waals surface area (Å²) in [6, 6.07) is 2.80. The molecule has 5 nitrogen and oxygen atoms in total. The van der Waals surface area contributed by atoms with Gasteiger partial charge >= 0.3 is 0 Å². The average molecular weight is 415 g/mol. The summed E-state index contributed by atoms with van der Waals surface area (Å²) in [7, 11) is -1.14. The molecule has 0 bridgehead atoms. The van der Waals surface area contributed by atoms with Crippen molar-refractivity contribution in [2.24, 2.45) is 29.6 Å². The SMILES string of the molecule is CC1C(C)[C@@H](COCCCOP(OCCC#N)N(C(C)C)C(C)C)C(C)[C@H]1C. The standard InChI is InChI=1S/C22H43N2O3P/c1-16(2)24(17(3)4)28(26-13-9-11-23)27-14-10-12-25-15-22-20(7)18(5)19(6)21(22)8/h16-22H,9-10,12-15H2,1-8H3/t18-,19?,20?,21?,22-,28?/m0/s1. The van der Waals surface area contributed by atoms with E-state index in [0.29, 0.717) is 37.6 Å². The highest BCUT2D eigenvalue weighted by atomic mass is 31.2. The summed E-state index contributed by atoms with van der Waals surface area (Å²) in [5.74, 6) is 3.68. The van der Waals surface area contributed by atoms with Crippen LogP contribution in [0.25, 0.3) is 0 Å². The van der Waals surface area contributed by atoms with E-state index in [1.807, 2.05) is 0 Å². The first kappa shape index (κ1) is 25.8. The summed E-state index contributed by atoms with van der Waals surface area (Å²) in [6.07, 6.45) is 1.26. The van der Waals surface area contributed by atoms with E-state index < -0.39 is 8.53 Å². The first-order valence-electron chi connectivity index (χ1n) is 11.0. The van der Waals surface area contributed by atoms with Gasteiger partial charge in [-0.05, 0) is 63.7 Å². The van der Waals surface area contributed by atoms with Gasteiger partial charge in [0.1, 0.15) is 0 Å². The van der Waals surface area contributed by atoms with Gasteiger partial charge in [-0.3, -0.25) is 0 Å². The predicted molar refractivity (Wildman–Crippen MR) is 117 cm³/mol. The summed E-state index contributed by atoms with van der Waals surface area (Å²) < 4.78 is 20.3. The van der Waals surface area contributed by atoms with E-state index in [2.05, 4.69) is 66.1 Å². The Hall–Kier alpha value is -0.240. The fourth-order valence-corrected chi connectivity index (χ4v) is 5.98. The van der Waals surface area contributed by atoms with Crippen LogP contribution in [0.2, 0.25) is 0 Å². The smallest absolute Gasteiger partial charge is 0.259 e. The van der Waals surface area contributed by atoms with Crippen molar-refractivity contribution < 1.29 is 13.8 Å². The highest BCUT2D eigenvalue weighted by molar-refractivity contribution is 7.44. The molecule has 6 atom stereocenters. The molecule has 0 heterocycles. The van der Waals surface area contributed by atoms with Crippen molar-refractivity contribution in [1.29, 1.82) is 5.26 Å². The highest BCUT2D eigenvalue weighted by Crippen LogP contribution is 2.46. The first-order chi connectivity index (χ1) is 13.2. The molecule has 0 aromatic carbocycles. The molecule has 6 heteroatoms. The number of ether oxygens (including phenoxy) is 1. The summed E-state index contributed by atoms with van der Waals surface area (Å²) in [6.45, 7) is 20.7. The molecule has 4 unspecified atom stereocenters. The van der Waals surface area contributed by atoms with Crippen molar-refractivity contribution in [2.75, 3.05) is 26.4 Å². The maximum atomic E-state index is 8.78. The Morgan fingerprint density at radius 3 is 1.89 bits per heavy atom. The monoisotopic (exact) mass is 414 g/mol. The van der Waals surface area contributed by atoms with Crippen molar-refractivity contribution in [3.8, 4) is 6.07 Å². The largest absolute Gasteiger partial charge is 0.381 e. The third kappa shape index (κ3) is 7.54. The predicted octanol–water partition coefficient (Wildman–Crippen LogP) is 5.86. The Labute approximate surface area is 175 Å². The van der Waals surface area contributed by atoms with Gasteiger partial charge in [0.05, 0.1) is 25.7 Å². The molecule has 0 N–H and O–H groups in total. The Bertz CT molecular complexity index is 447. The molecule has 0 aromatic heterocycles. The molecule has 1 saturated carbocycles. The van der Waals surface area contributed by atoms with Gasteiger partial charge in [0.15, 0.2) is 0 Å². The maximum absolute atomic E-state index is 8.78. The van der Waals surface area contributed by atoms with Crippen LogP contribution >= 0.6 is 8.53 Å².